The Morgan fingerprint density at radius 3 is 2.90 bits per heavy atom. The van der Waals surface area contributed by atoms with Crippen LogP contribution in [-0.4, -0.2) is 33.1 Å². The Kier molecular flexibility index (Phi) is 2.18. The van der Waals surface area contributed by atoms with Gasteiger partial charge < -0.3 is 0 Å². The topological polar surface area (TPSA) is 53.4 Å². The van der Waals surface area contributed by atoms with E-state index in [0.29, 0.717) is 11.4 Å². The molecule has 0 radical (unpaired) electrons. The Morgan fingerprint density at radius 2 is 2.10 bits per heavy atom. The number of hydrogen-bond acceptors (Lipinski definition) is 6. The average Bonchev–Trinajstić information content (AvgIpc) is 3.10. The predicted molar refractivity (Wildman–Crippen MR) is 83.6 cm³/mol. The van der Waals surface area contributed by atoms with E-state index >= 15 is 0 Å². The first-order chi connectivity index (χ1) is 10.3. The summed E-state index contributed by atoms with van der Waals surface area (Å²) in [5.41, 5.74) is 4.96. The number of hydrogen-bond donors (Lipinski definition) is 1. The average molecular weight is 297 g/mol. The van der Waals surface area contributed by atoms with Crippen molar-refractivity contribution in [2.75, 3.05) is 17.7 Å². The fourth-order valence-electron chi connectivity index (χ4n) is 3.77. The number of nitrogens with one attached hydrogen (secondary N) is 1. The largest absolute Gasteiger partial charge is 0.249 e. The van der Waals surface area contributed by atoms with Gasteiger partial charge in [0.05, 0.1) is 17.7 Å². The highest BCUT2D eigenvalue weighted by molar-refractivity contribution is 8.03. The molecule has 1 saturated heterocycles. The van der Waals surface area contributed by atoms with Crippen molar-refractivity contribution < 1.29 is 0 Å². The standard InChI is InChI=1S/C15H15N5S/c1-3-11-15(12(4-1)21-10-14(15)5-6-14)9-20(18-11)19-13-16-7-2-8-17-13/h1-4,7-8H,5-6,9-10H2,(H,16,17,19). The summed E-state index contributed by atoms with van der Waals surface area (Å²) in [6, 6.07) is 1.82. The zero-order valence-electron chi connectivity index (χ0n) is 11.5. The molecule has 0 aromatic carbocycles. The van der Waals surface area contributed by atoms with Gasteiger partial charge in [0.2, 0.25) is 5.95 Å². The number of nitrogens with zero attached hydrogens (tertiary/aromatic N) is 4. The molecule has 0 bridgehead atoms. The minimum Gasteiger partial charge on any atom is -0.249 e. The maximum Gasteiger partial charge on any atom is 0.243 e. The third kappa shape index (κ3) is 1.46. The van der Waals surface area contributed by atoms with Gasteiger partial charge in [-0.3, -0.25) is 0 Å². The zero-order chi connectivity index (χ0) is 13.9. The van der Waals surface area contributed by atoms with Crippen molar-refractivity contribution in [2.45, 2.75) is 12.8 Å². The van der Waals surface area contributed by atoms with E-state index < -0.39 is 0 Å². The Bertz CT molecular complexity index is 691. The highest BCUT2D eigenvalue weighted by atomic mass is 32.2. The zero-order valence-corrected chi connectivity index (χ0v) is 12.3. The molecule has 1 N–H and O–H groups in total. The van der Waals surface area contributed by atoms with Crippen LogP contribution >= 0.6 is 11.8 Å². The van der Waals surface area contributed by atoms with Crippen LogP contribution in [0.1, 0.15) is 12.8 Å². The molecule has 4 aliphatic rings. The summed E-state index contributed by atoms with van der Waals surface area (Å²) in [4.78, 5) is 9.93. The van der Waals surface area contributed by atoms with Crippen molar-refractivity contribution in [3.05, 3.63) is 41.6 Å². The molecule has 1 atom stereocenters. The highest BCUT2D eigenvalue weighted by Crippen LogP contribution is 2.72. The van der Waals surface area contributed by atoms with Gasteiger partial charge in [0.15, 0.2) is 0 Å². The fourth-order valence-corrected chi connectivity index (χ4v) is 5.55. The van der Waals surface area contributed by atoms with E-state index in [9.17, 15) is 0 Å². The van der Waals surface area contributed by atoms with Gasteiger partial charge in [-0.1, -0.05) is 12.2 Å². The van der Waals surface area contributed by atoms with Crippen LogP contribution in [0.15, 0.2) is 46.7 Å². The molecule has 5 rings (SSSR count). The summed E-state index contributed by atoms with van der Waals surface area (Å²) in [7, 11) is 0. The predicted octanol–water partition coefficient (Wildman–Crippen LogP) is 2.44. The van der Waals surface area contributed by atoms with Crippen molar-refractivity contribution >= 4 is 23.4 Å². The Labute approximate surface area is 127 Å². The molecule has 1 aromatic heterocycles. The van der Waals surface area contributed by atoms with E-state index in [0.717, 1.165) is 6.54 Å². The second-order valence-electron chi connectivity index (χ2n) is 6.09. The summed E-state index contributed by atoms with van der Waals surface area (Å²) >= 11 is 2.01. The Morgan fingerprint density at radius 1 is 1.24 bits per heavy atom. The second kappa shape index (κ2) is 3.88. The lowest BCUT2D eigenvalue weighted by Crippen LogP contribution is -2.42. The van der Waals surface area contributed by atoms with Gasteiger partial charge in [0.25, 0.3) is 0 Å². The molecule has 2 aliphatic heterocycles. The number of hydrazone groups is 1. The molecule has 1 saturated carbocycles. The van der Waals surface area contributed by atoms with Crippen LogP contribution in [0.2, 0.25) is 0 Å². The minimum atomic E-state index is 0.105. The minimum absolute atomic E-state index is 0.105. The summed E-state index contributed by atoms with van der Waals surface area (Å²) in [6.07, 6.45) is 12.7. The molecule has 6 heteroatoms. The van der Waals surface area contributed by atoms with Crippen LogP contribution in [0.4, 0.5) is 5.95 Å². The SMILES string of the molecule is C1=CC2=NN(Nc3ncccn3)CC23C(=C1)SCC31CC1. The normalized spacial score (nSPS) is 30.8. The van der Waals surface area contributed by atoms with Crippen LogP contribution in [0.3, 0.4) is 0 Å². The van der Waals surface area contributed by atoms with Crippen molar-refractivity contribution in [1.29, 1.82) is 0 Å². The third-order valence-corrected chi connectivity index (χ3v) is 6.53. The number of anilines is 1. The van der Waals surface area contributed by atoms with Crippen molar-refractivity contribution in [2.24, 2.45) is 15.9 Å². The molecule has 2 fully saturated rings. The number of hydrazine groups is 1. The highest BCUT2D eigenvalue weighted by Gasteiger charge is 2.69. The summed E-state index contributed by atoms with van der Waals surface area (Å²) in [6.45, 7) is 0.879. The summed E-state index contributed by atoms with van der Waals surface area (Å²) in [5, 5.41) is 6.71. The van der Waals surface area contributed by atoms with Gasteiger partial charge >= 0.3 is 0 Å². The molecule has 0 amide bonds. The molecule has 5 nitrogen and oxygen atoms in total. The fraction of sp³-hybridized carbons (Fsp3) is 0.400. The molecule has 2 aliphatic carbocycles. The van der Waals surface area contributed by atoms with Gasteiger partial charge in [-0.05, 0) is 35.3 Å². The number of rotatable bonds is 2. The van der Waals surface area contributed by atoms with E-state index in [1.807, 2.05) is 22.9 Å². The van der Waals surface area contributed by atoms with Crippen LogP contribution in [0.5, 0.6) is 0 Å². The first kappa shape index (κ1) is 11.8. The van der Waals surface area contributed by atoms with Crippen molar-refractivity contribution in [1.82, 2.24) is 15.1 Å². The first-order valence-corrected chi connectivity index (χ1v) is 8.23. The van der Waals surface area contributed by atoms with E-state index in [1.165, 1.54) is 29.2 Å². The quantitative estimate of drug-likeness (QED) is 0.908. The van der Waals surface area contributed by atoms with Gasteiger partial charge in [-0.2, -0.15) is 5.10 Å². The molecule has 1 unspecified atom stereocenters. The first-order valence-electron chi connectivity index (χ1n) is 7.24. The smallest absolute Gasteiger partial charge is 0.243 e. The lowest BCUT2D eigenvalue weighted by molar-refractivity contribution is 0.253. The lowest BCUT2D eigenvalue weighted by Gasteiger charge is -2.33. The monoisotopic (exact) mass is 297 g/mol. The van der Waals surface area contributed by atoms with E-state index in [1.54, 1.807) is 12.4 Å². The Hall–Kier alpha value is -1.82. The van der Waals surface area contributed by atoms with Gasteiger partial charge in [-0.15, -0.1) is 11.8 Å². The summed E-state index contributed by atoms with van der Waals surface area (Å²) < 4.78 is 0. The number of allylic oxidation sites excluding steroid dienone is 3. The van der Waals surface area contributed by atoms with Crippen LogP contribution in [-0.2, 0) is 0 Å². The molecular weight excluding hydrogens is 282 g/mol. The maximum absolute atomic E-state index is 4.79. The van der Waals surface area contributed by atoms with Gasteiger partial charge in [-0.25, -0.2) is 20.5 Å². The molecule has 106 valence electrons. The van der Waals surface area contributed by atoms with Crippen molar-refractivity contribution in [3.8, 4) is 0 Å². The maximum atomic E-state index is 4.79. The molecule has 1 aromatic rings. The van der Waals surface area contributed by atoms with Gasteiger partial charge in [0, 0.05) is 18.1 Å². The van der Waals surface area contributed by atoms with Crippen LogP contribution < -0.4 is 5.43 Å². The number of aromatic nitrogens is 2. The lowest BCUT2D eigenvalue weighted by atomic mass is 9.68. The van der Waals surface area contributed by atoms with E-state index in [-0.39, 0.29) is 5.41 Å². The molecule has 2 spiro atoms. The molecule has 3 heterocycles. The van der Waals surface area contributed by atoms with Gasteiger partial charge in [0.1, 0.15) is 0 Å². The summed E-state index contributed by atoms with van der Waals surface area (Å²) in [5.74, 6) is 1.83. The molecular formula is C15H15N5S. The second-order valence-corrected chi connectivity index (χ2v) is 7.11. The van der Waals surface area contributed by atoms with Crippen LogP contribution in [0, 0.1) is 10.8 Å². The van der Waals surface area contributed by atoms with Crippen molar-refractivity contribution in [3.63, 3.8) is 0 Å². The number of thioether (sulfide) groups is 1. The molecule has 21 heavy (non-hydrogen) atoms. The van der Waals surface area contributed by atoms with Crippen LogP contribution in [0.25, 0.3) is 0 Å². The van der Waals surface area contributed by atoms with E-state index in [4.69, 9.17) is 5.10 Å². The van der Waals surface area contributed by atoms with E-state index in [2.05, 4.69) is 33.6 Å². The Balaban J connectivity index is 1.51. The third-order valence-electron chi connectivity index (χ3n) is 5.03.